The lowest BCUT2D eigenvalue weighted by Crippen LogP contribution is -2.10. The van der Waals surface area contributed by atoms with Gasteiger partial charge in [-0.05, 0) is 30.9 Å². The molecule has 19 heavy (non-hydrogen) atoms. The van der Waals surface area contributed by atoms with Crippen LogP contribution in [0.15, 0.2) is 18.2 Å². The van der Waals surface area contributed by atoms with Gasteiger partial charge in [-0.25, -0.2) is 0 Å². The molecule has 6 nitrogen and oxygen atoms in total. The van der Waals surface area contributed by atoms with Crippen LogP contribution in [0.25, 0.3) is 0 Å². The summed E-state index contributed by atoms with van der Waals surface area (Å²) in [5.74, 6) is 0.519. The van der Waals surface area contributed by atoms with Gasteiger partial charge < -0.3 is 10.1 Å². The Morgan fingerprint density at radius 1 is 1.58 bits per heavy atom. The second kappa shape index (κ2) is 6.16. The van der Waals surface area contributed by atoms with Crippen LogP contribution in [0.1, 0.15) is 18.4 Å². The molecule has 1 fully saturated rings. The molecule has 0 radical (unpaired) electrons. The lowest BCUT2D eigenvalue weighted by atomic mass is 10.1. The SMILES string of the molecule is N#Cc1cccc(NCCC2CCOC2)c1[N+](=O)[O-]. The Bertz CT molecular complexity index is 504. The topological polar surface area (TPSA) is 88.2 Å². The fraction of sp³-hybridized carbons (Fsp3) is 0.462. The van der Waals surface area contributed by atoms with Crippen LogP contribution < -0.4 is 5.32 Å². The first-order valence-corrected chi connectivity index (χ1v) is 6.21. The molecule has 1 unspecified atom stereocenters. The number of nitro groups is 1. The van der Waals surface area contributed by atoms with Crippen LogP contribution in [-0.4, -0.2) is 24.7 Å². The second-order valence-electron chi connectivity index (χ2n) is 4.52. The lowest BCUT2D eigenvalue weighted by molar-refractivity contribution is -0.384. The summed E-state index contributed by atoms with van der Waals surface area (Å²) in [6.07, 6.45) is 1.95. The lowest BCUT2D eigenvalue weighted by Gasteiger charge is -2.10. The maximum atomic E-state index is 11.0. The molecular formula is C13H15N3O3. The number of benzene rings is 1. The average molecular weight is 261 g/mol. The van der Waals surface area contributed by atoms with Gasteiger partial charge in [0.05, 0.1) is 4.92 Å². The molecule has 0 aromatic heterocycles. The molecule has 1 aromatic carbocycles. The van der Waals surface area contributed by atoms with Crippen molar-refractivity contribution in [3.8, 4) is 6.07 Å². The molecule has 0 aliphatic carbocycles. The van der Waals surface area contributed by atoms with Crippen molar-refractivity contribution < 1.29 is 9.66 Å². The number of ether oxygens (including phenoxy) is 1. The number of hydrogen-bond donors (Lipinski definition) is 1. The van der Waals surface area contributed by atoms with Gasteiger partial charge in [0.1, 0.15) is 17.3 Å². The Morgan fingerprint density at radius 2 is 2.42 bits per heavy atom. The highest BCUT2D eigenvalue weighted by Crippen LogP contribution is 2.28. The summed E-state index contributed by atoms with van der Waals surface area (Å²) in [6.45, 7) is 2.21. The maximum Gasteiger partial charge on any atom is 0.309 e. The molecule has 2 rings (SSSR count). The normalized spacial score (nSPS) is 17.9. The van der Waals surface area contributed by atoms with E-state index in [2.05, 4.69) is 5.32 Å². The molecule has 0 spiro atoms. The van der Waals surface area contributed by atoms with Crippen molar-refractivity contribution in [3.05, 3.63) is 33.9 Å². The summed E-state index contributed by atoms with van der Waals surface area (Å²) in [5, 5.41) is 23.0. The summed E-state index contributed by atoms with van der Waals surface area (Å²) >= 11 is 0. The first kappa shape index (κ1) is 13.3. The maximum absolute atomic E-state index is 11.0. The van der Waals surface area contributed by atoms with Crippen molar-refractivity contribution in [1.82, 2.24) is 0 Å². The summed E-state index contributed by atoms with van der Waals surface area (Å²) in [6, 6.07) is 6.57. The zero-order valence-electron chi connectivity index (χ0n) is 10.5. The van der Waals surface area contributed by atoms with Crippen molar-refractivity contribution in [2.75, 3.05) is 25.1 Å². The highest BCUT2D eigenvalue weighted by atomic mass is 16.6. The fourth-order valence-electron chi connectivity index (χ4n) is 2.20. The first-order chi connectivity index (χ1) is 9.22. The van der Waals surface area contributed by atoms with Crippen LogP contribution in [0.5, 0.6) is 0 Å². The molecule has 1 aliphatic rings. The minimum atomic E-state index is -0.514. The van der Waals surface area contributed by atoms with Crippen molar-refractivity contribution in [2.45, 2.75) is 12.8 Å². The molecule has 1 aliphatic heterocycles. The van der Waals surface area contributed by atoms with Crippen LogP contribution in [-0.2, 0) is 4.74 Å². The Hall–Kier alpha value is -2.13. The van der Waals surface area contributed by atoms with E-state index >= 15 is 0 Å². The van der Waals surface area contributed by atoms with E-state index in [4.69, 9.17) is 10.00 Å². The van der Waals surface area contributed by atoms with Crippen LogP contribution in [0.3, 0.4) is 0 Å². The van der Waals surface area contributed by atoms with Crippen molar-refractivity contribution in [3.63, 3.8) is 0 Å². The van der Waals surface area contributed by atoms with Gasteiger partial charge >= 0.3 is 5.69 Å². The Balaban J connectivity index is 2.03. The summed E-state index contributed by atoms with van der Waals surface area (Å²) in [5.41, 5.74) is 0.342. The standard InChI is InChI=1S/C13H15N3O3/c14-8-11-2-1-3-12(13(11)16(17)18)15-6-4-10-5-7-19-9-10/h1-3,10,15H,4-7,9H2. The molecule has 100 valence electrons. The molecule has 0 amide bonds. The van der Waals surface area contributed by atoms with Gasteiger partial charge in [-0.1, -0.05) is 6.07 Å². The number of rotatable bonds is 5. The largest absolute Gasteiger partial charge is 0.381 e. The van der Waals surface area contributed by atoms with Crippen LogP contribution in [0.4, 0.5) is 11.4 Å². The molecule has 1 atom stereocenters. The smallest absolute Gasteiger partial charge is 0.309 e. The van der Waals surface area contributed by atoms with Crippen molar-refractivity contribution in [1.29, 1.82) is 5.26 Å². The van der Waals surface area contributed by atoms with Gasteiger partial charge in [0.25, 0.3) is 0 Å². The average Bonchev–Trinajstić information content (AvgIpc) is 2.91. The van der Waals surface area contributed by atoms with E-state index in [0.29, 0.717) is 18.2 Å². The third-order valence-electron chi connectivity index (χ3n) is 3.23. The zero-order valence-corrected chi connectivity index (χ0v) is 10.5. The minimum Gasteiger partial charge on any atom is -0.381 e. The third kappa shape index (κ3) is 3.20. The Kier molecular flexibility index (Phi) is 4.31. The molecule has 1 N–H and O–H groups in total. The fourth-order valence-corrected chi connectivity index (χ4v) is 2.20. The molecule has 0 bridgehead atoms. The van der Waals surface area contributed by atoms with Crippen molar-refractivity contribution in [2.24, 2.45) is 5.92 Å². The van der Waals surface area contributed by atoms with E-state index in [9.17, 15) is 10.1 Å². The first-order valence-electron chi connectivity index (χ1n) is 6.21. The van der Waals surface area contributed by atoms with Gasteiger partial charge in [-0.15, -0.1) is 0 Å². The number of anilines is 1. The molecule has 6 heteroatoms. The molecular weight excluding hydrogens is 246 g/mol. The third-order valence-corrected chi connectivity index (χ3v) is 3.23. The minimum absolute atomic E-state index is 0.0826. The van der Waals surface area contributed by atoms with Crippen LogP contribution in [0, 0.1) is 27.4 Å². The van der Waals surface area contributed by atoms with Crippen LogP contribution in [0.2, 0.25) is 0 Å². The number of para-hydroxylation sites is 1. The van der Waals surface area contributed by atoms with Crippen LogP contribution >= 0.6 is 0 Å². The second-order valence-corrected chi connectivity index (χ2v) is 4.52. The molecule has 0 saturated carbocycles. The molecule has 1 saturated heterocycles. The molecule has 1 aromatic rings. The van der Waals surface area contributed by atoms with Crippen molar-refractivity contribution >= 4 is 11.4 Å². The monoisotopic (exact) mass is 261 g/mol. The Morgan fingerprint density at radius 3 is 3.05 bits per heavy atom. The number of nitro benzene ring substituents is 1. The van der Waals surface area contributed by atoms with Gasteiger partial charge in [0.15, 0.2) is 0 Å². The number of nitriles is 1. The van der Waals surface area contributed by atoms with E-state index < -0.39 is 4.92 Å². The van der Waals surface area contributed by atoms with Gasteiger partial charge in [-0.3, -0.25) is 10.1 Å². The van der Waals surface area contributed by atoms with E-state index in [-0.39, 0.29) is 11.3 Å². The summed E-state index contributed by atoms with van der Waals surface area (Å²) < 4.78 is 5.28. The zero-order chi connectivity index (χ0) is 13.7. The van der Waals surface area contributed by atoms with Gasteiger partial charge in [0.2, 0.25) is 0 Å². The van der Waals surface area contributed by atoms with E-state index in [1.165, 1.54) is 6.07 Å². The highest BCUT2D eigenvalue weighted by molar-refractivity contribution is 5.68. The predicted octanol–water partition coefficient (Wildman–Crippen LogP) is 2.30. The molecule has 1 heterocycles. The summed E-state index contributed by atoms with van der Waals surface area (Å²) in [4.78, 5) is 10.5. The number of hydrogen-bond acceptors (Lipinski definition) is 5. The van der Waals surface area contributed by atoms with Gasteiger partial charge in [-0.2, -0.15) is 5.26 Å². The quantitative estimate of drug-likeness (QED) is 0.649. The van der Waals surface area contributed by atoms with E-state index in [1.807, 2.05) is 6.07 Å². The number of nitrogens with one attached hydrogen (secondary N) is 1. The predicted molar refractivity (Wildman–Crippen MR) is 69.8 cm³/mol. The van der Waals surface area contributed by atoms with E-state index in [0.717, 1.165) is 26.1 Å². The van der Waals surface area contributed by atoms with E-state index in [1.54, 1.807) is 12.1 Å². The van der Waals surface area contributed by atoms with Gasteiger partial charge in [0, 0.05) is 19.8 Å². The number of nitrogens with zero attached hydrogens (tertiary/aromatic N) is 2. The Labute approximate surface area is 111 Å². The highest BCUT2D eigenvalue weighted by Gasteiger charge is 2.20. The summed E-state index contributed by atoms with van der Waals surface area (Å²) in [7, 11) is 0.